The first-order valence-corrected chi connectivity index (χ1v) is 6.78. The quantitative estimate of drug-likeness (QED) is 0.666. The minimum absolute atomic E-state index is 0.0554. The molecule has 0 radical (unpaired) electrons. The first-order valence-electron chi connectivity index (χ1n) is 6.78. The van der Waals surface area contributed by atoms with Crippen molar-refractivity contribution < 1.29 is 9.59 Å². The molecule has 0 aromatic rings. The van der Waals surface area contributed by atoms with Crippen molar-refractivity contribution in [3.05, 3.63) is 0 Å². The number of hydrogen-bond donors (Lipinski definition) is 3. The van der Waals surface area contributed by atoms with Gasteiger partial charge in [-0.1, -0.05) is 6.92 Å². The van der Waals surface area contributed by atoms with Crippen LogP contribution in [0.2, 0.25) is 0 Å². The third kappa shape index (κ3) is 5.49. The van der Waals surface area contributed by atoms with Gasteiger partial charge in [0, 0.05) is 18.5 Å². The normalized spacial score (nSPS) is 23.8. The van der Waals surface area contributed by atoms with Crippen LogP contribution in [-0.2, 0) is 9.59 Å². The third-order valence-electron chi connectivity index (χ3n) is 3.23. The van der Waals surface area contributed by atoms with Gasteiger partial charge < -0.3 is 16.0 Å². The second-order valence-electron chi connectivity index (χ2n) is 5.38. The smallest absolute Gasteiger partial charge is 0.239 e. The molecule has 0 spiro atoms. The Morgan fingerprint density at radius 1 is 1.33 bits per heavy atom. The maximum Gasteiger partial charge on any atom is 0.239 e. The second-order valence-corrected chi connectivity index (χ2v) is 5.38. The highest BCUT2D eigenvalue weighted by molar-refractivity contribution is 5.85. The fourth-order valence-corrected chi connectivity index (χ4v) is 2.21. The summed E-state index contributed by atoms with van der Waals surface area (Å²) < 4.78 is 0. The number of hydrogen-bond acceptors (Lipinski definition) is 3. The van der Waals surface area contributed by atoms with Gasteiger partial charge in [-0.25, -0.2) is 0 Å². The molecule has 18 heavy (non-hydrogen) atoms. The lowest BCUT2D eigenvalue weighted by atomic mass is 9.90. The van der Waals surface area contributed by atoms with Crippen LogP contribution in [-0.4, -0.2) is 37.0 Å². The fraction of sp³-hybridized carbons (Fsp3) is 0.846. The molecule has 2 amide bonds. The second kappa shape index (κ2) is 7.36. The number of carbonyl (C=O) groups excluding carboxylic acids is 2. The lowest BCUT2D eigenvalue weighted by Gasteiger charge is -2.29. The van der Waals surface area contributed by atoms with E-state index >= 15 is 0 Å². The highest BCUT2D eigenvalue weighted by Crippen LogP contribution is 2.17. The minimum Gasteiger partial charge on any atom is -0.352 e. The molecule has 0 saturated carbocycles. The van der Waals surface area contributed by atoms with Crippen molar-refractivity contribution in [1.82, 2.24) is 16.0 Å². The molecule has 0 aromatic heterocycles. The van der Waals surface area contributed by atoms with Crippen LogP contribution >= 0.6 is 0 Å². The van der Waals surface area contributed by atoms with E-state index in [1.807, 2.05) is 13.8 Å². The highest BCUT2D eigenvalue weighted by Gasteiger charge is 2.23. The van der Waals surface area contributed by atoms with E-state index in [0.717, 1.165) is 6.54 Å². The monoisotopic (exact) mass is 255 g/mol. The Morgan fingerprint density at radius 3 is 2.67 bits per heavy atom. The van der Waals surface area contributed by atoms with Gasteiger partial charge in [0.25, 0.3) is 0 Å². The summed E-state index contributed by atoms with van der Waals surface area (Å²) >= 11 is 0. The van der Waals surface area contributed by atoms with Crippen molar-refractivity contribution >= 4 is 11.8 Å². The van der Waals surface area contributed by atoms with Crippen molar-refractivity contribution in [3.8, 4) is 0 Å². The highest BCUT2D eigenvalue weighted by atomic mass is 16.2. The van der Waals surface area contributed by atoms with Crippen LogP contribution < -0.4 is 16.0 Å². The van der Waals surface area contributed by atoms with Gasteiger partial charge in [-0.3, -0.25) is 9.59 Å². The molecule has 2 unspecified atom stereocenters. The Labute approximate surface area is 109 Å². The zero-order valence-corrected chi connectivity index (χ0v) is 11.6. The van der Waals surface area contributed by atoms with E-state index < -0.39 is 0 Å². The van der Waals surface area contributed by atoms with E-state index in [-0.39, 0.29) is 30.4 Å². The molecule has 104 valence electrons. The lowest BCUT2D eigenvalue weighted by molar-refractivity contribution is -0.126. The first kappa shape index (κ1) is 15.0. The Hall–Kier alpha value is -1.10. The van der Waals surface area contributed by atoms with Gasteiger partial charge in [0.1, 0.15) is 0 Å². The maximum absolute atomic E-state index is 11.7. The van der Waals surface area contributed by atoms with Crippen LogP contribution in [0.5, 0.6) is 0 Å². The molecule has 1 rings (SSSR count). The van der Waals surface area contributed by atoms with Crippen LogP contribution in [0.15, 0.2) is 0 Å². The van der Waals surface area contributed by atoms with Gasteiger partial charge in [0.15, 0.2) is 0 Å². The van der Waals surface area contributed by atoms with Crippen molar-refractivity contribution in [1.29, 1.82) is 0 Å². The average molecular weight is 255 g/mol. The topological polar surface area (TPSA) is 70.2 Å². The summed E-state index contributed by atoms with van der Waals surface area (Å²) in [6, 6.07) is 0.348. The van der Waals surface area contributed by atoms with Crippen molar-refractivity contribution in [2.75, 3.05) is 13.1 Å². The minimum atomic E-state index is -0.136. The van der Waals surface area contributed by atoms with Gasteiger partial charge >= 0.3 is 0 Å². The molecular weight excluding hydrogens is 230 g/mol. The molecule has 5 nitrogen and oxygen atoms in total. The Morgan fingerprint density at radius 2 is 2.06 bits per heavy atom. The maximum atomic E-state index is 11.7. The zero-order valence-electron chi connectivity index (χ0n) is 11.6. The molecular formula is C13H25N3O2. The lowest BCUT2D eigenvalue weighted by Crippen LogP contribution is -2.45. The van der Waals surface area contributed by atoms with Gasteiger partial charge in [0.05, 0.1) is 6.54 Å². The van der Waals surface area contributed by atoms with E-state index in [1.165, 1.54) is 12.8 Å². The average Bonchev–Trinajstić information content (AvgIpc) is 2.29. The summed E-state index contributed by atoms with van der Waals surface area (Å²) in [5.74, 6) is 0.331. The number of amides is 2. The summed E-state index contributed by atoms with van der Waals surface area (Å²) in [6.45, 7) is 7.00. The van der Waals surface area contributed by atoms with Crippen LogP contribution in [0.1, 0.15) is 40.0 Å². The summed E-state index contributed by atoms with van der Waals surface area (Å²) in [6.07, 6.45) is 2.80. The molecule has 0 aliphatic carbocycles. The summed E-state index contributed by atoms with van der Waals surface area (Å²) in [7, 11) is 0. The standard InChI is InChI=1S/C13H25N3O2/c1-9(2)16-13(18)8-15-12(17)7-11-10(3)5-4-6-14-11/h9-11,14H,4-8H2,1-3H3,(H,15,17)(H,16,18). The Kier molecular flexibility index (Phi) is 6.12. The molecule has 5 heteroatoms. The van der Waals surface area contributed by atoms with Crippen molar-refractivity contribution in [2.45, 2.75) is 52.1 Å². The predicted octanol–water partition coefficient (Wildman–Crippen LogP) is 0.405. The van der Waals surface area contributed by atoms with Crippen LogP contribution in [0.25, 0.3) is 0 Å². The number of piperidine rings is 1. The van der Waals surface area contributed by atoms with E-state index in [1.54, 1.807) is 0 Å². The molecule has 1 aliphatic heterocycles. The van der Waals surface area contributed by atoms with Crippen molar-refractivity contribution in [2.24, 2.45) is 5.92 Å². The summed E-state index contributed by atoms with van der Waals surface area (Å²) in [5, 5.41) is 8.76. The van der Waals surface area contributed by atoms with Gasteiger partial charge in [-0.2, -0.15) is 0 Å². The number of rotatable bonds is 5. The van der Waals surface area contributed by atoms with E-state index in [9.17, 15) is 9.59 Å². The molecule has 0 bridgehead atoms. The molecule has 3 N–H and O–H groups in total. The van der Waals surface area contributed by atoms with Crippen LogP contribution in [0.3, 0.4) is 0 Å². The van der Waals surface area contributed by atoms with Crippen molar-refractivity contribution in [3.63, 3.8) is 0 Å². The SMILES string of the molecule is CC(C)NC(=O)CNC(=O)CC1NCCCC1C. The third-order valence-corrected chi connectivity index (χ3v) is 3.23. The number of nitrogens with one attached hydrogen (secondary N) is 3. The first-order chi connectivity index (χ1) is 8.49. The molecule has 1 saturated heterocycles. The van der Waals surface area contributed by atoms with Crippen LogP contribution in [0, 0.1) is 5.92 Å². The van der Waals surface area contributed by atoms with E-state index in [2.05, 4.69) is 22.9 Å². The fourth-order valence-electron chi connectivity index (χ4n) is 2.21. The molecule has 0 aromatic carbocycles. The summed E-state index contributed by atoms with van der Waals surface area (Å²) in [4.78, 5) is 23.1. The van der Waals surface area contributed by atoms with Crippen LogP contribution in [0.4, 0.5) is 0 Å². The zero-order chi connectivity index (χ0) is 13.5. The van der Waals surface area contributed by atoms with E-state index in [4.69, 9.17) is 0 Å². The molecule has 2 atom stereocenters. The molecule has 1 fully saturated rings. The predicted molar refractivity (Wildman–Crippen MR) is 71.1 cm³/mol. The van der Waals surface area contributed by atoms with Gasteiger partial charge in [0.2, 0.25) is 11.8 Å². The Balaban J connectivity index is 2.22. The van der Waals surface area contributed by atoms with Gasteiger partial charge in [-0.05, 0) is 39.2 Å². The summed E-state index contributed by atoms with van der Waals surface area (Å²) in [5.41, 5.74) is 0. The largest absolute Gasteiger partial charge is 0.352 e. The van der Waals surface area contributed by atoms with E-state index in [0.29, 0.717) is 12.3 Å². The molecule has 1 heterocycles. The van der Waals surface area contributed by atoms with Gasteiger partial charge in [-0.15, -0.1) is 0 Å². The number of carbonyl (C=O) groups is 2. The molecule has 1 aliphatic rings. The Bertz CT molecular complexity index is 292.